The van der Waals surface area contributed by atoms with Gasteiger partial charge in [0.05, 0.1) is 11.3 Å². The molecule has 30 heavy (non-hydrogen) atoms. The number of rotatable bonds is 3. The third kappa shape index (κ3) is 3.15. The molecule has 0 aliphatic heterocycles. The van der Waals surface area contributed by atoms with Crippen LogP contribution < -0.4 is 17.0 Å². The highest BCUT2D eigenvalue weighted by molar-refractivity contribution is 5.81. The fraction of sp³-hybridized carbons (Fsp3) is 0.118. The minimum absolute atomic E-state index is 0.0878. The summed E-state index contributed by atoms with van der Waals surface area (Å²) in [6.45, 7) is 1.44. The summed E-state index contributed by atoms with van der Waals surface area (Å²) < 4.78 is 47.0. The summed E-state index contributed by atoms with van der Waals surface area (Å²) in [5, 5.41) is 9.36. The van der Waals surface area contributed by atoms with Crippen molar-refractivity contribution < 1.29 is 17.6 Å². The van der Waals surface area contributed by atoms with E-state index in [1.165, 1.54) is 19.1 Å². The molecule has 3 aromatic heterocycles. The maximum Gasteiger partial charge on any atom is 0.433 e. The maximum absolute atomic E-state index is 13.7. The zero-order chi connectivity index (χ0) is 21.6. The second-order valence-corrected chi connectivity index (χ2v) is 6.19. The predicted molar refractivity (Wildman–Crippen MR) is 99.7 cm³/mol. The molecule has 0 spiro atoms. The molecule has 0 aliphatic carbocycles. The van der Waals surface area contributed by atoms with E-state index in [0.717, 1.165) is 0 Å². The summed E-state index contributed by atoms with van der Waals surface area (Å²) in [5.74, 6) is -0.636. The number of fused-ring (bicyclic) bond motifs is 1. The van der Waals surface area contributed by atoms with Crippen LogP contribution >= 0.6 is 0 Å². The van der Waals surface area contributed by atoms with Crippen molar-refractivity contribution in [1.29, 1.82) is 0 Å². The first-order valence-corrected chi connectivity index (χ1v) is 8.38. The lowest BCUT2D eigenvalue weighted by atomic mass is 10.1. The van der Waals surface area contributed by atoms with Gasteiger partial charge in [0.1, 0.15) is 11.3 Å². The van der Waals surface area contributed by atoms with Crippen LogP contribution in [0, 0.1) is 6.92 Å². The average molecular weight is 418 g/mol. The SMILES string of the molecule is Cc1nc2c(-c3ccccc3)c(C(F)(F)F)[nH]n2c(=O)c1-c1nnc(N=C(N)N)o1. The number of hydrogen-bond acceptors (Lipinski definition) is 6. The number of alkyl halides is 3. The smallest absolute Gasteiger partial charge is 0.401 e. The molecule has 4 aromatic rings. The summed E-state index contributed by atoms with van der Waals surface area (Å²) in [6, 6.07) is 7.50. The van der Waals surface area contributed by atoms with Crippen molar-refractivity contribution in [2.24, 2.45) is 16.5 Å². The van der Waals surface area contributed by atoms with Gasteiger partial charge >= 0.3 is 12.2 Å². The van der Waals surface area contributed by atoms with Gasteiger partial charge in [0.25, 0.3) is 11.4 Å². The quantitative estimate of drug-likeness (QED) is 0.339. The first-order chi connectivity index (χ1) is 14.2. The highest BCUT2D eigenvalue weighted by Gasteiger charge is 2.38. The van der Waals surface area contributed by atoms with Crippen molar-refractivity contribution >= 4 is 17.6 Å². The van der Waals surface area contributed by atoms with Crippen LogP contribution in [-0.2, 0) is 6.18 Å². The standard InChI is InChI=1S/C17H13F3N8O2/c1-7-9(13-25-26-16(30-13)24-15(21)22)14(29)28-12(23-7)10(8-5-3-2-4-6-8)11(27-28)17(18,19)20/h2-6,27H,1H3,(H4,21,22,24,26). The molecular formula is C17H13F3N8O2. The molecule has 0 atom stereocenters. The van der Waals surface area contributed by atoms with Crippen molar-refractivity contribution in [3.8, 4) is 22.6 Å². The van der Waals surface area contributed by atoms with E-state index in [9.17, 15) is 18.0 Å². The number of halogens is 3. The van der Waals surface area contributed by atoms with Gasteiger partial charge in [-0.25, -0.2) is 4.98 Å². The highest BCUT2D eigenvalue weighted by atomic mass is 19.4. The van der Waals surface area contributed by atoms with Crippen LogP contribution in [0.25, 0.3) is 28.2 Å². The lowest BCUT2D eigenvalue weighted by molar-refractivity contribution is -0.140. The number of H-pyrrole nitrogens is 1. The Morgan fingerprint density at radius 1 is 1.17 bits per heavy atom. The number of aliphatic imine (C=N–C) groups is 1. The Morgan fingerprint density at radius 3 is 2.50 bits per heavy atom. The number of aryl methyl sites for hydroxylation is 1. The van der Waals surface area contributed by atoms with E-state index in [1.807, 2.05) is 0 Å². The van der Waals surface area contributed by atoms with Crippen LogP contribution in [0.15, 0.2) is 44.5 Å². The van der Waals surface area contributed by atoms with Crippen LogP contribution in [0.4, 0.5) is 19.2 Å². The molecule has 0 saturated carbocycles. The fourth-order valence-electron chi connectivity index (χ4n) is 2.98. The number of hydrogen-bond donors (Lipinski definition) is 3. The van der Waals surface area contributed by atoms with Crippen molar-refractivity contribution in [3.05, 3.63) is 52.1 Å². The Labute approximate surface area is 165 Å². The Bertz CT molecular complexity index is 1330. The Balaban J connectivity index is 2.01. The Kier molecular flexibility index (Phi) is 4.29. The van der Waals surface area contributed by atoms with Gasteiger partial charge in [-0.2, -0.15) is 22.7 Å². The van der Waals surface area contributed by atoms with E-state index >= 15 is 0 Å². The normalized spacial score (nSPS) is 11.7. The van der Waals surface area contributed by atoms with Crippen LogP contribution in [0.5, 0.6) is 0 Å². The molecule has 0 saturated heterocycles. The molecule has 0 aliphatic rings. The molecule has 0 unspecified atom stereocenters. The van der Waals surface area contributed by atoms with E-state index in [-0.39, 0.29) is 45.9 Å². The lowest BCUT2D eigenvalue weighted by Gasteiger charge is -2.07. The van der Waals surface area contributed by atoms with Gasteiger partial charge in [0, 0.05) is 0 Å². The summed E-state index contributed by atoms with van der Waals surface area (Å²) >= 11 is 0. The molecule has 13 heteroatoms. The largest absolute Gasteiger partial charge is 0.433 e. The maximum atomic E-state index is 13.7. The third-order valence-electron chi connectivity index (χ3n) is 4.16. The molecule has 0 amide bonds. The highest BCUT2D eigenvalue weighted by Crippen LogP contribution is 2.38. The number of aromatic nitrogens is 5. The van der Waals surface area contributed by atoms with Crippen LogP contribution in [0.2, 0.25) is 0 Å². The zero-order valence-electron chi connectivity index (χ0n) is 15.2. The van der Waals surface area contributed by atoms with Gasteiger partial charge in [-0.05, 0) is 12.5 Å². The molecule has 1 aromatic carbocycles. The summed E-state index contributed by atoms with van der Waals surface area (Å²) in [6.07, 6.45) is -4.76. The first-order valence-electron chi connectivity index (χ1n) is 8.38. The topological polar surface area (TPSA) is 153 Å². The van der Waals surface area contributed by atoms with Crippen LogP contribution in [0.1, 0.15) is 11.4 Å². The Morgan fingerprint density at radius 2 is 1.87 bits per heavy atom. The van der Waals surface area contributed by atoms with Gasteiger partial charge in [-0.15, -0.1) is 5.10 Å². The number of benzene rings is 1. The first kappa shape index (κ1) is 19.2. The summed E-state index contributed by atoms with van der Waals surface area (Å²) in [5.41, 5.74) is 8.20. The molecular weight excluding hydrogens is 405 g/mol. The van der Waals surface area contributed by atoms with Crippen LogP contribution in [0.3, 0.4) is 0 Å². The van der Waals surface area contributed by atoms with Gasteiger partial charge in [-0.1, -0.05) is 35.4 Å². The summed E-state index contributed by atoms with van der Waals surface area (Å²) in [7, 11) is 0. The molecule has 3 heterocycles. The van der Waals surface area contributed by atoms with E-state index in [1.54, 1.807) is 18.2 Å². The fourth-order valence-corrected chi connectivity index (χ4v) is 2.98. The van der Waals surface area contributed by atoms with E-state index in [4.69, 9.17) is 15.9 Å². The number of nitrogens with one attached hydrogen (secondary N) is 1. The van der Waals surface area contributed by atoms with Crippen LogP contribution in [-0.4, -0.2) is 30.8 Å². The zero-order valence-corrected chi connectivity index (χ0v) is 15.2. The number of nitrogens with two attached hydrogens (primary N) is 2. The van der Waals surface area contributed by atoms with Gasteiger partial charge in [0.15, 0.2) is 11.6 Å². The molecule has 154 valence electrons. The van der Waals surface area contributed by atoms with Gasteiger partial charge < -0.3 is 15.9 Å². The average Bonchev–Trinajstić information content (AvgIpc) is 3.26. The third-order valence-corrected chi connectivity index (χ3v) is 4.16. The van der Waals surface area contributed by atoms with E-state index < -0.39 is 17.4 Å². The van der Waals surface area contributed by atoms with E-state index in [2.05, 4.69) is 25.3 Å². The molecule has 0 fully saturated rings. The number of nitrogens with zero attached hydrogens (tertiary/aromatic N) is 5. The molecule has 10 nitrogen and oxygen atoms in total. The minimum atomic E-state index is -4.76. The lowest BCUT2D eigenvalue weighted by Crippen LogP contribution is -2.21. The predicted octanol–water partition coefficient (Wildman–Crippen LogP) is 1.97. The second kappa shape index (κ2) is 6.72. The molecule has 5 N–H and O–H groups in total. The van der Waals surface area contributed by atoms with Gasteiger partial charge in [-0.3, -0.25) is 9.89 Å². The molecule has 4 rings (SSSR count). The summed E-state index contributed by atoms with van der Waals surface area (Å²) in [4.78, 5) is 20.8. The monoisotopic (exact) mass is 418 g/mol. The molecule has 0 bridgehead atoms. The minimum Gasteiger partial charge on any atom is -0.401 e. The number of aromatic amines is 1. The van der Waals surface area contributed by atoms with Crippen molar-refractivity contribution in [1.82, 2.24) is 24.8 Å². The number of guanidine groups is 1. The molecule has 0 radical (unpaired) electrons. The van der Waals surface area contributed by atoms with Crippen molar-refractivity contribution in [2.45, 2.75) is 13.1 Å². The van der Waals surface area contributed by atoms with Gasteiger partial charge in [0.2, 0.25) is 0 Å². The van der Waals surface area contributed by atoms with Crippen molar-refractivity contribution in [2.75, 3.05) is 0 Å². The second-order valence-electron chi connectivity index (χ2n) is 6.19. The van der Waals surface area contributed by atoms with E-state index in [0.29, 0.717) is 4.52 Å². The Hall–Kier alpha value is -4.16. The van der Waals surface area contributed by atoms with Crippen molar-refractivity contribution in [3.63, 3.8) is 0 Å².